The smallest absolute Gasteiger partial charge is 0.406 e. The van der Waals surface area contributed by atoms with Crippen LogP contribution in [0.4, 0.5) is 4.79 Å². The number of rotatable bonds is 3. The number of ether oxygens (including phenoxy) is 2. The van der Waals surface area contributed by atoms with E-state index in [-0.39, 0.29) is 12.2 Å². The molecule has 1 N–H and O–H groups in total. The summed E-state index contributed by atoms with van der Waals surface area (Å²) in [7, 11) is 1.54. The molecule has 0 unspecified atom stereocenters. The molecule has 12 heavy (non-hydrogen) atoms. The molecule has 0 saturated carbocycles. The van der Waals surface area contributed by atoms with Crippen LogP contribution in [0.2, 0.25) is 0 Å². The zero-order chi connectivity index (χ0) is 9.14. The van der Waals surface area contributed by atoms with Crippen LogP contribution in [0, 0.1) is 5.92 Å². The standard InChI is InChI=1S/C8H15NO3/c1-5(2)7-6(12-7)4-11-8(10)9-3/h5-7H,4H2,1-3H3,(H,9,10)/t6-,7+/m0/s1. The van der Waals surface area contributed by atoms with E-state index < -0.39 is 6.09 Å². The van der Waals surface area contributed by atoms with Gasteiger partial charge in [-0.15, -0.1) is 0 Å². The van der Waals surface area contributed by atoms with Crippen LogP contribution >= 0.6 is 0 Å². The Morgan fingerprint density at radius 2 is 2.33 bits per heavy atom. The molecule has 1 rings (SSSR count). The quantitative estimate of drug-likeness (QED) is 0.641. The molecule has 1 amide bonds. The number of nitrogens with one attached hydrogen (secondary N) is 1. The van der Waals surface area contributed by atoms with E-state index in [0.29, 0.717) is 12.5 Å². The summed E-state index contributed by atoms with van der Waals surface area (Å²) >= 11 is 0. The molecule has 1 saturated heterocycles. The number of carbonyl (C=O) groups excluding carboxylic acids is 1. The summed E-state index contributed by atoms with van der Waals surface area (Å²) in [4.78, 5) is 10.6. The van der Waals surface area contributed by atoms with Gasteiger partial charge in [0, 0.05) is 7.05 Å². The minimum atomic E-state index is -0.395. The van der Waals surface area contributed by atoms with Crippen molar-refractivity contribution in [2.75, 3.05) is 13.7 Å². The van der Waals surface area contributed by atoms with Crippen LogP contribution in [0.5, 0.6) is 0 Å². The molecule has 70 valence electrons. The number of alkyl carbamates (subject to hydrolysis) is 1. The molecular formula is C8H15NO3. The summed E-state index contributed by atoms with van der Waals surface area (Å²) in [5.41, 5.74) is 0. The van der Waals surface area contributed by atoms with Crippen LogP contribution in [-0.4, -0.2) is 32.0 Å². The molecule has 4 nitrogen and oxygen atoms in total. The van der Waals surface area contributed by atoms with E-state index in [1.165, 1.54) is 7.05 Å². The first kappa shape index (κ1) is 9.32. The van der Waals surface area contributed by atoms with Gasteiger partial charge in [0.15, 0.2) is 0 Å². The van der Waals surface area contributed by atoms with Crippen molar-refractivity contribution in [2.24, 2.45) is 5.92 Å². The molecule has 4 heteroatoms. The predicted octanol–water partition coefficient (Wildman–Crippen LogP) is 0.766. The van der Waals surface area contributed by atoms with Crippen molar-refractivity contribution < 1.29 is 14.3 Å². The van der Waals surface area contributed by atoms with Gasteiger partial charge < -0.3 is 14.8 Å². The summed E-state index contributed by atoms with van der Waals surface area (Å²) in [6, 6.07) is 0. The fourth-order valence-corrected chi connectivity index (χ4v) is 1.11. The topological polar surface area (TPSA) is 50.9 Å². The van der Waals surface area contributed by atoms with Gasteiger partial charge in [-0.1, -0.05) is 13.8 Å². The van der Waals surface area contributed by atoms with E-state index in [1.807, 2.05) is 0 Å². The largest absolute Gasteiger partial charge is 0.447 e. The second kappa shape index (κ2) is 3.76. The van der Waals surface area contributed by atoms with Gasteiger partial charge in [0.25, 0.3) is 0 Å². The van der Waals surface area contributed by atoms with Gasteiger partial charge in [0.05, 0.1) is 6.10 Å². The first-order valence-electron chi connectivity index (χ1n) is 4.15. The monoisotopic (exact) mass is 173 g/mol. The summed E-state index contributed by atoms with van der Waals surface area (Å²) in [5, 5.41) is 2.38. The molecule has 0 aromatic carbocycles. The Morgan fingerprint density at radius 1 is 1.67 bits per heavy atom. The third-order valence-electron chi connectivity index (χ3n) is 1.86. The van der Waals surface area contributed by atoms with E-state index in [1.54, 1.807) is 0 Å². The van der Waals surface area contributed by atoms with Crippen molar-refractivity contribution in [3.05, 3.63) is 0 Å². The average molecular weight is 173 g/mol. The lowest BCUT2D eigenvalue weighted by molar-refractivity contribution is 0.138. The van der Waals surface area contributed by atoms with Crippen molar-refractivity contribution in [3.8, 4) is 0 Å². The van der Waals surface area contributed by atoms with E-state index in [4.69, 9.17) is 9.47 Å². The van der Waals surface area contributed by atoms with Crippen LogP contribution < -0.4 is 5.32 Å². The highest BCUT2D eigenvalue weighted by atomic mass is 16.6. The molecule has 0 bridgehead atoms. The van der Waals surface area contributed by atoms with Crippen LogP contribution in [-0.2, 0) is 9.47 Å². The molecule has 0 spiro atoms. The highest BCUT2D eigenvalue weighted by Gasteiger charge is 2.41. The minimum absolute atomic E-state index is 0.113. The third-order valence-corrected chi connectivity index (χ3v) is 1.86. The highest BCUT2D eigenvalue weighted by molar-refractivity contribution is 5.66. The Hall–Kier alpha value is -0.770. The molecule has 0 aliphatic carbocycles. The lowest BCUT2D eigenvalue weighted by Gasteiger charge is -2.01. The number of carbonyl (C=O) groups is 1. The maximum Gasteiger partial charge on any atom is 0.406 e. The molecule has 1 aliphatic heterocycles. The maximum absolute atomic E-state index is 10.6. The normalized spacial score (nSPS) is 27.0. The van der Waals surface area contributed by atoms with E-state index in [9.17, 15) is 4.79 Å². The maximum atomic E-state index is 10.6. The molecule has 2 atom stereocenters. The molecule has 1 heterocycles. The van der Waals surface area contributed by atoms with Gasteiger partial charge in [-0.25, -0.2) is 4.79 Å². The van der Waals surface area contributed by atoms with Gasteiger partial charge in [0.1, 0.15) is 12.7 Å². The van der Waals surface area contributed by atoms with Crippen LogP contribution in [0.3, 0.4) is 0 Å². The van der Waals surface area contributed by atoms with Crippen molar-refractivity contribution in [1.29, 1.82) is 0 Å². The lowest BCUT2D eigenvalue weighted by Crippen LogP contribution is -2.22. The molecule has 0 aromatic heterocycles. The number of epoxide rings is 1. The lowest BCUT2D eigenvalue weighted by atomic mass is 10.1. The highest BCUT2D eigenvalue weighted by Crippen LogP contribution is 2.28. The first-order valence-corrected chi connectivity index (χ1v) is 4.15. The van der Waals surface area contributed by atoms with E-state index >= 15 is 0 Å². The van der Waals surface area contributed by atoms with Crippen LogP contribution in [0.25, 0.3) is 0 Å². The first-order chi connectivity index (χ1) is 5.65. The van der Waals surface area contributed by atoms with Gasteiger partial charge >= 0.3 is 6.09 Å². The zero-order valence-electron chi connectivity index (χ0n) is 7.66. The fraction of sp³-hybridized carbons (Fsp3) is 0.875. The second-order valence-corrected chi connectivity index (χ2v) is 3.23. The number of hydrogen-bond donors (Lipinski definition) is 1. The third kappa shape index (κ3) is 2.37. The molecule has 0 aromatic rings. The summed E-state index contributed by atoms with van der Waals surface area (Å²) in [6.45, 7) is 4.54. The van der Waals surface area contributed by atoms with E-state index in [0.717, 1.165) is 0 Å². The SMILES string of the molecule is CNC(=O)OC[C@@H]1O[C@@H]1C(C)C. The molecular weight excluding hydrogens is 158 g/mol. The molecule has 0 radical (unpaired) electrons. The fourth-order valence-electron chi connectivity index (χ4n) is 1.11. The zero-order valence-corrected chi connectivity index (χ0v) is 7.66. The van der Waals surface area contributed by atoms with Crippen molar-refractivity contribution in [2.45, 2.75) is 26.1 Å². The molecule has 1 aliphatic rings. The van der Waals surface area contributed by atoms with Crippen molar-refractivity contribution in [3.63, 3.8) is 0 Å². The number of hydrogen-bond acceptors (Lipinski definition) is 3. The Bertz CT molecular complexity index is 170. The van der Waals surface area contributed by atoms with Crippen molar-refractivity contribution >= 4 is 6.09 Å². The average Bonchev–Trinajstić information content (AvgIpc) is 2.79. The van der Waals surface area contributed by atoms with Gasteiger partial charge in [-0.05, 0) is 5.92 Å². The minimum Gasteiger partial charge on any atom is -0.447 e. The summed E-state index contributed by atoms with van der Waals surface area (Å²) in [6.07, 6.45) is -0.00929. The number of amides is 1. The van der Waals surface area contributed by atoms with Gasteiger partial charge in [0.2, 0.25) is 0 Å². The Labute approximate surface area is 72.2 Å². The van der Waals surface area contributed by atoms with Crippen LogP contribution in [0.15, 0.2) is 0 Å². The summed E-state index contributed by atoms with van der Waals surface area (Å²) < 4.78 is 10.1. The van der Waals surface area contributed by atoms with E-state index in [2.05, 4.69) is 19.2 Å². The van der Waals surface area contributed by atoms with Gasteiger partial charge in [-0.2, -0.15) is 0 Å². The molecule has 1 fully saturated rings. The Kier molecular flexibility index (Phi) is 2.92. The predicted molar refractivity (Wildman–Crippen MR) is 43.9 cm³/mol. The van der Waals surface area contributed by atoms with Crippen LogP contribution in [0.1, 0.15) is 13.8 Å². The Morgan fingerprint density at radius 3 is 2.75 bits per heavy atom. The van der Waals surface area contributed by atoms with Crippen molar-refractivity contribution in [1.82, 2.24) is 5.32 Å². The van der Waals surface area contributed by atoms with Gasteiger partial charge in [-0.3, -0.25) is 0 Å². The second-order valence-electron chi connectivity index (χ2n) is 3.23. The summed E-state index contributed by atoms with van der Waals surface area (Å²) in [5.74, 6) is 0.503. The Balaban J connectivity index is 2.08.